The Morgan fingerprint density at radius 3 is 2.86 bits per heavy atom. The molecule has 7 nitrogen and oxygen atoms in total. The van der Waals surface area contributed by atoms with Gasteiger partial charge in [-0.1, -0.05) is 0 Å². The Balaban J connectivity index is 2.04. The zero-order valence-corrected chi connectivity index (χ0v) is 11.9. The Hall–Kier alpha value is -2.85. The molecule has 1 aromatic carbocycles. The maximum Gasteiger partial charge on any atom is 0.287 e. The monoisotopic (exact) mass is 301 g/mol. The molecule has 22 heavy (non-hydrogen) atoms. The molecule has 0 aliphatic rings. The summed E-state index contributed by atoms with van der Waals surface area (Å²) in [6.07, 6.45) is 1.14. The van der Waals surface area contributed by atoms with Crippen LogP contribution in [0.3, 0.4) is 0 Å². The third-order valence-corrected chi connectivity index (χ3v) is 3.18. The number of furan rings is 1. The summed E-state index contributed by atoms with van der Waals surface area (Å²) >= 11 is 0. The van der Waals surface area contributed by atoms with Gasteiger partial charge in [0.15, 0.2) is 0 Å². The van der Waals surface area contributed by atoms with Crippen LogP contribution in [0.5, 0.6) is 0 Å². The lowest BCUT2D eigenvalue weighted by Gasteiger charge is -2.18. The van der Waals surface area contributed by atoms with Gasteiger partial charge in [0, 0.05) is 24.2 Å². The highest BCUT2D eigenvalue weighted by Crippen LogP contribution is 2.24. The average Bonchev–Trinajstić information content (AvgIpc) is 3.00. The van der Waals surface area contributed by atoms with E-state index in [4.69, 9.17) is 9.68 Å². The van der Waals surface area contributed by atoms with Gasteiger partial charge in [-0.15, -0.1) is 0 Å². The number of hydrogen-bond acceptors (Lipinski definition) is 6. The van der Waals surface area contributed by atoms with E-state index in [1.165, 1.54) is 24.5 Å². The highest BCUT2D eigenvalue weighted by molar-refractivity contribution is 5.58. The van der Waals surface area contributed by atoms with Crippen molar-refractivity contribution in [3.05, 3.63) is 58.0 Å². The number of aliphatic hydroxyl groups excluding tert-OH is 1. The number of nitriles is 1. The van der Waals surface area contributed by atoms with Crippen LogP contribution in [-0.4, -0.2) is 16.1 Å². The fourth-order valence-electron chi connectivity index (χ4n) is 2.15. The number of nitrogens with one attached hydrogen (secondary N) is 1. The van der Waals surface area contributed by atoms with Crippen LogP contribution < -0.4 is 5.32 Å². The Kier molecular flexibility index (Phi) is 4.76. The SMILES string of the molecule is CC(CC(O)c1ccco1)Nc1ccc([N+](=O)[O-])c(C#N)c1. The maximum absolute atomic E-state index is 10.8. The molecule has 1 aromatic heterocycles. The predicted molar refractivity (Wildman–Crippen MR) is 79.2 cm³/mol. The number of hydrogen-bond donors (Lipinski definition) is 2. The topological polar surface area (TPSA) is 112 Å². The number of benzene rings is 1. The molecule has 0 spiro atoms. The molecule has 0 bridgehead atoms. The Morgan fingerprint density at radius 1 is 1.50 bits per heavy atom. The van der Waals surface area contributed by atoms with Crippen molar-refractivity contribution < 1.29 is 14.4 Å². The molecule has 0 saturated heterocycles. The van der Waals surface area contributed by atoms with Crippen LogP contribution >= 0.6 is 0 Å². The van der Waals surface area contributed by atoms with E-state index in [1.807, 2.05) is 13.0 Å². The quantitative estimate of drug-likeness (QED) is 0.626. The molecule has 0 fully saturated rings. The minimum absolute atomic E-state index is 0.00576. The summed E-state index contributed by atoms with van der Waals surface area (Å²) in [5.41, 5.74) is 0.353. The van der Waals surface area contributed by atoms with E-state index in [-0.39, 0.29) is 17.3 Å². The smallest absolute Gasteiger partial charge is 0.287 e. The molecule has 114 valence electrons. The van der Waals surface area contributed by atoms with Crippen molar-refractivity contribution in [1.29, 1.82) is 5.26 Å². The molecule has 2 atom stereocenters. The van der Waals surface area contributed by atoms with Gasteiger partial charge in [0.25, 0.3) is 5.69 Å². The molecular weight excluding hydrogens is 286 g/mol. The number of rotatable bonds is 6. The van der Waals surface area contributed by atoms with E-state index < -0.39 is 11.0 Å². The molecule has 0 amide bonds. The zero-order valence-electron chi connectivity index (χ0n) is 11.9. The highest BCUT2D eigenvalue weighted by Gasteiger charge is 2.17. The van der Waals surface area contributed by atoms with Crippen LogP contribution in [-0.2, 0) is 0 Å². The lowest BCUT2D eigenvalue weighted by molar-refractivity contribution is -0.385. The predicted octanol–water partition coefficient (Wildman–Crippen LogP) is 2.98. The van der Waals surface area contributed by atoms with E-state index in [0.717, 1.165) is 0 Å². The molecule has 0 aliphatic carbocycles. The van der Waals surface area contributed by atoms with E-state index in [0.29, 0.717) is 17.9 Å². The van der Waals surface area contributed by atoms with Gasteiger partial charge in [0.05, 0.1) is 11.2 Å². The van der Waals surface area contributed by atoms with Crippen LogP contribution in [0.1, 0.15) is 30.8 Å². The van der Waals surface area contributed by atoms with Crippen LogP contribution in [0.25, 0.3) is 0 Å². The van der Waals surface area contributed by atoms with Crippen molar-refractivity contribution in [1.82, 2.24) is 0 Å². The standard InChI is InChI=1S/C15H15N3O4/c1-10(7-14(19)15-3-2-6-22-15)17-12-4-5-13(18(20)21)11(8-12)9-16/h2-6,8,10,14,17,19H,7H2,1H3. The minimum Gasteiger partial charge on any atom is -0.467 e. The molecule has 0 radical (unpaired) electrons. The Bertz CT molecular complexity index is 691. The van der Waals surface area contributed by atoms with Crippen LogP contribution in [0.15, 0.2) is 41.0 Å². The van der Waals surface area contributed by atoms with Crippen molar-refractivity contribution in [2.45, 2.75) is 25.5 Å². The molecule has 7 heteroatoms. The summed E-state index contributed by atoms with van der Waals surface area (Å²) in [6, 6.07) is 9.33. The molecule has 2 N–H and O–H groups in total. The van der Waals surface area contributed by atoms with Crippen molar-refractivity contribution in [2.24, 2.45) is 0 Å². The van der Waals surface area contributed by atoms with Gasteiger partial charge in [-0.2, -0.15) is 5.26 Å². The summed E-state index contributed by atoms with van der Waals surface area (Å²) < 4.78 is 5.13. The lowest BCUT2D eigenvalue weighted by atomic mass is 10.1. The molecule has 2 unspecified atom stereocenters. The number of aliphatic hydroxyl groups is 1. The molecule has 1 heterocycles. The highest BCUT2D eigenvalue weighted by atomic mass is 16.6. The first-order valence-electron chi connectivity index (χ1n) is 6.67. The number of nitro benzene ring substituents is 1. The lowest BCUT2D eigenvalue weighted by Crippen LogP contribution is -2.18. The van der Waals surface area contributed by atoms with Crippen molar-refractivity contribution in [3.8, 4) is 6.07 Å². The Morgan fingerprint density at radius 2 is 2.27 bits per heavy atom. The number of anilines is 1. The molecular formula is C15H15N3O4. The first kappa shape index (κ1) is 15.5. The second-order valence-corrected chi connectivity index (χ2v) is 4.91. The summed E-state index contributed by atoms with van der Waals surface area (Å²) in [4.78, 5) is 10.2. The second-order valence-electron chi connectivity index (χ2n) is 4.91. The molecule has 0 saturated carbocycles. The van der Waals surface area contributed by atoms with Crippen molar-refractivity contribution in [3.63, 3.8) is 0 Å². The van der Waals surface area contributed by atoms with Gasteiger partial charge in [0.2, 0.25) is 0 Å². The van der Waals surface area contributed by atoms with Gasteiger partial charge >= 0.3 is 0 Å². The third kappa shape index (κ3) is 3.62. The fraction of sp³-hybridized carbons (Fsp3) is 0.267. The molecule has 0 aliphatic heterocycles. The molecule has 2 rings (SSSR count). The van der Waals surface area contributed by atoms with Crippen molar-refractivity contribution >= 4 is 11.4 Å². The van der Waals surface area contributed by atoms with Crippen molar-refractivity contribution in [2.75, 3.05) is 5.32 Å². The summed E-state index contributed by atoms with van der Waals surface area (Å²) in [7, 11) is 0. The summed E-state index contributed by atoms with van der Waals surface area (Å²) in [6.45, 7) is 1.86. The minimum atomic E-state index is -0.744. The summed E-state index contributed by atoms with van der Waals surface area (Å²) in [5, 5.41) is 32.8. The average molecular weight is 301 g/mol. The van der Waals surface area contributed by atoms with E-state index >= 15 is 0 Å². The van der Waals surface area contributed by atoms with Crippen LogP contribution in [0.4, 0.5) is 11.4 Å². The summed E-state index contributed by atoms with van der Waals surface area (Å²) in [5.74, 6) is 0.482. The maximum atomic E-state index is 10.8. The van der Waals surface area contributed by atoms with Gasteiger partial charge in [-0.05, 0) is 31.2 Å². The zero-order chi connectivity index (χ0) is 16.1. The van der Waals surface area contributed by atoms with Gasteiger partial charge < -0.3 is 14.8 Å². The number of nitro groups is 1. The van der Waals surface area contributed by atoms with E-state index in [2.05, 4.69) is 5.32 Å². The second kappa shape index (κ2) is 6.74. The fourth-order valence-corrected chi connectivity index (χ4v) is 2.15. The number of nitrogens with zero attached hydrogens (tertiary/aromatic N) is 2. The normalized spacial score (nSPS) is 13.1. The first-order chi connectivity index (χ1) is 10.5. The third-order valence-electron chi connectivity index (χ3n) is 3.18. The first-order valence-corrected chi connectivity index (χ1v) is 6.67. The molecule has 2 aromatic rings. The Labute approximate surface area is 126 Å². The largest absolute Gasteiger partial charge is 0.467 e. The van der Waals surface area contributed by atoms with Gasteiger partial charge in [-0.3, -0.25) is 10.1 Å². The van der Waals surface area contributed by atoms with E-state index in [9.17, 15) is 15.2 Å². The van der Waals surface area contributed by atoms with Crippen LogP contribution in [0, 0.1) is 21.4 Å². The van der Waals surface area contributed by atoms with E-state index in [1.54, 1.807) is 12.1 Å². The van der Waals surface area contributed by atoms with Gasteiger partial charge in [-0.25, -0.2) is 0 Å². The van der Waals surface area contributed by atoms with Crippen LogP contribution in [0.2, 0.25) is 0 Å². The van der Waals surface area contributed by atoms with Gasteiger partial charge in [0.1, 0.15) is 23.5 Å².